The van der Waals surface area contributed by atoms with Gasteiger partial charge in [-0.1, -0.05) is 6.07 Å². The van der Waals surface area contributed by atoms with Crippen LogP contribution in [0.2, 0.25) is 0 Å². The number of benzene rings is 1. The molecule has 1 aliphatic heterocycles. The Bertz CT molecular complexity index is 807. The first-order valence-electron chi connectivity index (χ1n) is 9.17. The summed E-state index contributed by atoms with van der Waals surface area (Å²) in [5.41, 5.74) is -1.93. The van der Waals surface area contributed by atoms with E-state index >= 15 is 0 Å². The van der Waals surface area contributed by atoms with Crippen LogP contribution in [0.3, 0.4) is 0 Å². The molecular weight excluding hydrogens is 407 g/mol. The minimum Gasteiger partial charge on any atom is -0.444 e. The van der Waals surface area contributed by atoms with Crippen molar-refractivity contribution in [3.63, 3.8) is 0 Å². The maximum atomic E-state index is 12.7. The molecule has 30 heavy (non-hydrogen) atoms. The van der Waals surface area contributed by atoms with Crippen molar-refractivity contribution >= 4 is 17.9 Å². The molecule has 0 bridgehead atoms. The maximum absolute atomic E-state index is 12.7. The number of likely N-dealkylation sites (tertiary alicyclic amines) is 1. The number of aliphatic hydroxyl groups excluding tert-OH is 1. The van der Waals surface area contributed by atoms with Gasteiger partial charge in [0.15, 0.2) is 0 Å². The van der Waals surface area contributed by atoms with Gasteiger partial charge in [0.05, 0.1) is 30.8 Å². The Hall–Kier alpha value is -2.82. The van der Waals surface area contributed by atoms with Crippen molar-refractivity contribution in [2.24, 2.45) is 0 Å². The van der Waals surface area contributed by atoms with Gasteiger partial charge in [-0.2, -0.15) is 13.2 Å². The average molecular weight is 431 g/mol. The number of halogens is 3. The Morgan fingerprint density at radius 2 is 1.87 bits per heavy atom. The van der Waals surface area contributed by atoms with E-state index in [9.17, 15) is 32.7 Å². The van der Waals surface area contributed by atoms with Gasteiger partial charge in [0, 0.05) is 12.1 Å². The summed E-state index contributed by atoms with van der Waals surface area (Å²) in [6.07, 6.45) is -6.25. The highest BCUT2D eigenvalue weighted by molar-refractivity contribution is 5.96. The summed E-state index contributed by atoms with van der Waals surface area (Å²) in [6.45, 7) is 4.57. The van der Waals surface area contributed by atoms with Crippen molar-refractivity contribution in [3.05, 3.63) is 35.4 Å². The normalized spacial score (nSPS) is 19.4. The monoisotopic (exact) mass is 431 g/mol. The summed E-state index contributed by atoms with van der Waals surface area (Å²) < 4.78 is 43.4. The third-order valence-electron chi connectivity index (χ3n) is 4.15. The number of aliphatic hydroxyl groups is 1. The van der Waals surface area contributed by atoms with Gasteiger partial charge < -0.3 is 25.4 Å². The Labute approximate surface area is 171 Å². The summed E-state index contributed by atoms with van der Waals surface area (Å²) in [5.74, 6) is -1.51. The zero-order valence-corrected chi connectivity index (χ0v) is 16.7. The van der Waals surface area contributed by atoms with E-state index in [1.807, 2.05) is 0 Å². The molecule has 1 saturated heterocycles. The summed E-state index contributed by atoms with van der Waals surface area (Å²) in [4.78, 5) is 37.4. The van der Waals surface area contributed by atoms with Crippen LogP contribution in [0.5, 0.6) is 0 Å². The fourth-order valence-electron chi connectivity index (χ4n) is 2.76. The average Bonchev–Trinajstić information content (AvgIpc) is 2.98. The van der Waals surface area contributed by atoms with Gasteiger partial charge in [-0.15, -0.1) is 0 Å². The first kappa shape index (κ1) is 23.5. The molecule has 8 nitrogen and oxygen atoms in total. The van der Waals surface area contributed by atoms with Crippen molar-refractivity contribution in [3.8, 4) is 0 Å². The molecule has 0 unspecified atom stereocenters. The van der Waals surface area contributed by atoms with Crippen molar-refractivity contribution in [1.82, 2.24) is 15.5 Å². The molecule has 11 heteroatoms. The van der Waals surface area contributed by atoms with Gasteiger partial charge in [-0.3, -0.25) is 9.59 Å². The van der Waals surface area contributed by atoms with Gasteiger partial charge in [0.25, 0.3) is 5.91 Å². The highest BCUT2D eigenvalue weighted by Gasteiger charge is 2.37. The van der Waals surface area contributed by atoms with Crippen LogP contribution >= 0.6 is 0 Å². The van der Waals surface area contributed by atoms with Gasteiger partial charge in [-0.05, 0) is 39.0 Å². The number of hydrogen-bond acceptors (Lipinski definition) is 5. The lowest BCUT2D eigenvalue weighted by molar-refractivity contribution is -0.137. The van der Waals surface area contributed by atoms with Crippen LogP contribution in [0, 0.1) is 0 Å². The number of alkyl halides is 3. The van der Waals surface area contributed by atoms with Crippen LogP contribution in [0.4, 0.5) is 18.0 Å². The standard InChI is InChI=1S/C19H24F3N3O5/c1-18(2,3)30-17(29)25-9-13(14(26)10-25)24-15(27)8-23-16(28)11-5-4-6-12(7-11)19(20,21)22/h4-7,13-14,26H,8-10H2,1-3H3,(H,23,28)(H,24,27)/t13-,14-/m0/s1. The van der Waals surface area contributed by atoms with Crippen molar-refractivity contribution in [1.29, 1.82) is 0 Å². The summed E-state index contributed by atoms with van der Waals surface area (Å²) in [5, 5.41) is 14.8. The molecule has 1 aliphatic rings. The second kappa shape index (κ2) is 8.90. The number of rotatable bonds is 4. The predicted molar refractivity (Wildman–Crippen MR) is 99.5 cm³/mol. The smallest absolute Gasteiger partial charge is 0.416 e. The lowest BCUT2D eigenvalue weighted by Crippen LogP contribution is -2.47. The fraction of sp³-hybridized carbons (Fsp3) is 0.526. The largest absolute Gasteiger partial charge is 0.444 e. The topological polar surface area (TPSA) is 108 Å². The number of ether oxygens (including phenoxy) is 1. The fourth-order valence-corrected chi connectivity index (χ4v) is 2.76. The maximum Gasteiger partial charge on any atom is 0.416 e. The third kappa shape index (κ3) is 6.61. The van der Waals surface area contributed by atoms with Crippen LogP contribution in [0.15, 0.2) is 24.3 Å². The summed E-state index contributed by atoms with van der Waals surface area (Å²) in [6, 6.07) is 3.05. The van der Waals surface area contributed by atoms with E-state index in [1.165, 1.54) is 11.0 Å². The lowest BCUT2D eigenvalue weighted by atomic mass is 10.1. The van der Waals surface area contributed by atoms with E-state index < -0.39 is 53.9 Å². The van der Waals surface area contributed by atoms with Crippen LogP contribution in [0.1, 0.15) is 36.7 Å². The molecule has 0 spiro atoms. The second-order valence-electron chi connectivity index (χ2n) is 7.89. The Morgan fingerprint density at radius 1 is 1.20 bits per heavy atom. The lowest BCUT2D eigenvalue weighted by Gasteiger charge is -2.24. The van der Waals surface area contributed by atoms with Gasteiger partial charge in [-0.25, -0.2) is 4.79 Å². The van der Waals surface area contributed by atoms with Crippen LogP contribution in [-0.4, -0.2) is 65.3 Å². The first-order chi connectivity index (χ1) is 13.8. The Morgan fingerprint density at radius 3 is 2.47 bits per heavy atom. The Balaban J connectivity index is 1.86. The molecular formula is C19H24F3N3O5. The van der Waals surface area contributed by atoms with Gasteiger partial charge in [0.1, 0.15) is 5.60 Å². The van der Waals surface area contributed by atoms with Crippen molar-refractivity contribution < 1.29 is 37.4 Å². The van der Waals surface area contributed by atoms with Crippen molar-refractivity contribution in [2.45, 2.75) is 44.7 Å². The van der Waals surface area contributed by atoms with E-state index in [1.54, 1.807) is 20.8 Å². The molecule has 2 atom stereocenters. The van der Waals surface area contributed by atoms with Gasteiger partial charge in [0.2, 0.25) is 5.91 Å². The molecule has 3 N–H and O–H groups in total. The summed E-state index contributed by atoms with van der Waals surface area (Å²) in [7, 11) is 0. The molecule has 1 heterocycles. The number of carbonyl (C=O) groups is 3. The van der Waals surface area contributed by atoms with E-state index in [0.717, 1.165) is 12.1 Å². The zero-order valence-electron chi connectivity index (χ0n) is 16.7. The molecule has 2 rings (SSSR count). The van der Waals surface area contributed by atoms with Gasteiger partial charge >= 0.3 is 12.3 Å². The molecule has 0 saturated carbocycles. The predicted octanol–water partition coefficient (Wildman–Crippen LogP) is 1.53. The minimum absolute atomic E-state index is 0.0173. The van der Waals surface area contributed by atoms with Crippen molar-refractivity contribution in [2.75, 3.05) is 19.6 Å². The number of β-amino-alcohol motifs (C(OH)–C–C–N with tert-alkyl or cyclic N) is 1. The highest BCUT2D eigenvalue weighted by Crippen LogP contribution is 2.29. The number of nitrogens with one attached hydrogen (secondary N) is 2. The molecule has 1 fully saturated rings. The van der Waals surface area contributed by atoms with Crippen LogP contribution in [0.25, 0.3) is 0 Å². The molecule has 0 aromatic heterocycles. The van der Waals surface area contributed by atoms with E-state index in [-0.39, 0.29) is 18.7 Å². The zero-order chi connectivity index (χ0) is 22.7. The minimum atomic E-state index is -4.59. The molecule has 1 aromatic rings. The SMILES string of the molecule is CC(C)(C)OC(=O)N1C[C@H](NC(=O)CNC(=O)c2cccc(C(F)(F)F)c2)[C@@H](O)C1. The summed E-state index contributed by atoms with van der Waals surface area (Å²) >= 11 is 0. The van der Waals surface area contributed by atoms with E-state index in [0.29, 0.717) is 6.07 Å². The van der Waals surface area contributed by atoms with Crippen LogP contribution in [-0.2, 0) is 15.7 Å². The third-order valence-corrected chi connectivity index (χ3v) is 4.15. The number of nitrogens with zero attached hydrogens (tertiary/aromatic N) is 1. The Kier molecular flexibility index (Phi) is 6.96. The highest BCUT2D eigenvalue weighted by atomic mass is 19.4. The first-order valence-corrected chi connectivity index (χ1v) is 9.17. The molecule has 3 amide bonds. The van der Waals surface area contributed by atoms with E-state index in [4.69, 9.17) is 4.74 Å². The molecule has 1 aromatic carbocycles. The second-order valence-corrected chi connectivity index (χ2v) is 7.89. The quantitative estimate of drug-likeness (QED) is 0.670. The number of carbonyl (C=O) groups excluding carboxylic acids is 3. The molecule has 0 aliphatic carbocycles. The number of amides is 3. The number of hydrogen-bond donors (Lipinski definition) is 3. The molecule has 0 radical (unpaired) electrons. The van der Waals surface area contributed by atoms with E-state index in [2.05, 4.69) is 10.6 Å². The molecule has 166 valence electrons. The van der Waals surface area contributed by atoms with Crippen LogP contribution < -0.4 is 10.6 Å².